The third-order valence-corrected chi connectivity index (χ3v) is 5.27. The quantitative estimate of drug-likeness (QED) is 0.701. The van der Waals surface area contributed by atoms with Crippen molar-refractivity contribution in [3.8, 4) is 10.6 Å². The summed E-state index contributed by atoms with van der Waals surface area (Å²) in [6.45, 7) is 3.19. The van der Waals surface area contributed by atoms with Crippen LogP contribution in [0.25, 0.3) is 20.7 Å². The van der Waals surface area contributed by atoms with E-state index in [0.29, 0.717) is 5.92 Å². The molecule has 0 spiro atoms. The zero-order valence-electron chi connectivity index (χ0n) is 10.9. The molecule has 0 amide bonds. The van der Waals surface area contributed by atoms with E-state index in [2.05, 4.69) is 23.3 Å². The number of oxazole rings is 1. The van der Waals surface area contributed by atoms with Crippen LogP contribution in [0.5, 0.6) is 0 Å². The average Bonchev–Trinajstić information content (AvgIpc) is 3.02. The van der Waals surface area contributed by atoms with E-state index in [9.17, 15) is 0 Å². The van der Waals surface area contributed by atoms with Gasteiger partial charge < -0.3 is 9.73 Å². The summed E-state index contributed by atoms with van der Waals surface area (Å²) in [4.78, 5) is 5.22. The number of benzene rings is 1. The molecule has 1 unspecified atom stereocenters. The monoisotopic (exact) mass is 304 g/mol. The third-order valence-electron chi connectivity index (χ3n) is 3.74. The number of thiophene rings is 1. The number of rotatable bonds is 1. The van der Waals surface area contributed by atoms with E-state index in [1.54, 1.807) is 17.5 Å². The Bertz CT molecular complexity index is 779. The molecule has 1 aromatic carbocycles. The molecule has 3 heterocycles. The minimum absolute atomic E-state index is 0.554. The number of hydrogen-bond acceptors (Lipinski definition) is 4. The summed E-state index contributed by atoms with van der Waals surface area (Å²) in [6.07, 6.45) is 4.29. The van der Waals surface area contributed by atoms with Gasteiger partial charge in [-0.2, -0.15) is 0 Å². The summed E-state index contributed by atoms with van der Waals surface area (Å²) < 4.78 is 6.75. The minimum Gasteiger partial charge on any atom is -0.443 e. The van der Waals surface area contributed by atoms with Gasteiger partial charge in [0.15, 0.2) is 12.2 Å². The van der Waals surface area contributed by atoms with Gasteiger partial charge in [-0.1, -0.05) is 18.5 Å². The molecule has 0 bridgehead atoms. The third kappa shape index (κ3) is 1.75. The number of anilines is 1. The maximum Gasteiger partial charge on any atom is 0.181 e. The zero-order valence-corrected chi connectivity index (χ0v) is 12.5. The Morgan fingerprint density at radius 1 is 1.45 bits per heavy atom. The van der Waals surface area contributed by atoms with Crippen molar-refractivity contribution in [3.63, 3.8) is 0 Å². The summed E-state index contributed by atoms with van der Waals surface area (Å²) in [6, 6.07) is 4.06. The lowest BCUT2D eigenvalue weighted by atomic mass is 9.99. The summed E-state index contributed by atoms with van der Waals surface area (Å²) in [5, 5.41) is 5.53. The second-order valence-corrected chi connectivity index (χ2v) is 6.72. The van der Waals surface area contributed by atoms with Gasteiger partial charge in [0.1, 0.15) is 0 Å². The smallest absolute Gasteiger partial charge is 0.181 e. The van der Waals surface area contributed by atoms with Gasteiger partial charge in [0, 0.05) is 16.6 Å². The van der Waals surface area contributed by atoms with Crippen molar-refractivity contribution in [2.24, 2.45) is 5.92 Å². The fourth-order valence-corrected chi connectivity index (χ4v) is 4.24. The second-order valence-electron chi connectivity index (χ2n) is 5.26. The van der Waals surface area contributed by atoms with Crippen molar-refractivity contribution in [1.82, 2.24) is 4.98 Å². The summed E-state index contributed by atoms with van der Waals surface area (Å²) in [5.41, 5.74) is 2.39. The van der Waals surface area contributed by atoms with Crippen LogP contribution in [0, 0.1) is 5.92 Å². The molecule has 1 aliphatic rings. The van der Waals surface area contributed by atoms with Crippen molar-refractivity contribution in [3.05, 3.63) is 35.3 Å². The van der Waals surface area contributed by atoms with E-state index >= 15 is 0 Å². The first-order chi connectivity index (χ1) is 9.74. The van der Waals surface area contributed by atoms with Crippen LogP contribution in [0.2, 0.25) is 5.02 Å². The standard InChI is InChI=1S/C15H13ClN2OS/c1-8-4-9-13-12(3-2-10(16)14(13)18-5-8)20-15(9)11-6-17-7-19-11/h2-3,6-8,18H,4-5H2,1H3. The fraction of sp³-hybridized carbons (Fsp3) is 0.267. The lowest BCUT2D eigenvalue weighted by Crippen LogP contribution is -2.10. The molecule has 1 aliphatic heterocycles. The highest BCUT2D eigenvalue weighted by molar-refractivity contribution is 7.22. The van der Waals surface area contributed by atoms with Crippen molar-refractivity contribution >= 4 is 38.7 Å². The van der Waals surface area contributed by atoms with E-state index in [1.165, 1.54) is 26.9 Å². The van der Waals surface area contributed by atoms with E-state index in [4.69, 9.17) is 16.0 Å². The Kier molecular flexibility index (Phi) is 2.75. The Morgan fingerprint density at radius 3 is 3.15 bits per heavy atom. The van der Waals surface area contributed by atoms with Crippen LogP contribution in [0.1, 0.15) is 12.5 Å². The van der Waals surface area contributed by atoms with Crippen LogP contribution < -0.4 is 5.32 Å². The average molecular weight is 305 g/mol. The maximum atomic E-state index is 6.37. The van der Waals surface area contributed by atoms with Crippen LogP contribution in [-0.4, -0.2) is 11.5 Å². The first-order valence-electron chi connectivity index (χ1n) is 6.60. The molecule has 5 heteroatoms. The Hall–Kier alpha value is -1.52. The topological polar surface area (TPSA) is 38.1 Å². The molecule has 2 aromatic heterocycles. The zero-order chi connectivity index (χ0) is 13.7. The van der Waals surface area contributed by atoms with Gasteiger partial charge in [-0.25, -0.2) is 4.98 Å². The number of nitrogens with one attached hydrogen (secondary N) is 1. The highest BCUT2D eigenvalue weighted by atomic mass is 35.5. The maximum absolute atomic E-state index is 6.37. The van der Waals surface area contributed by atoms with Gasteiger partial charge in [-0.05, 0) is 30.0 Å². The molecular weight excluding hydrogens is 292 g/mol. The second kappa shape index (κ2) is 4.50. The van der Waals surface area contributed by atoms with Crippen molar-refractivity contribution in [2.45, 2.75) is 13.3 Å². The van der Waals surface area contributed by atoms with Crippen LogP contribution in [0.15, 0.2) is 29.1 Å². The van der Waals surface area contributed by atoms with Gasteiger partial charge in [-0.15, -0.1) is 11.3 Å². The van der Waals surface area contributed by atoms with Crippen LogP contribution in [-0.2, 0) is 6.42 Å². The lowest BCUT2D eigenvalue weighted by Gasteiger charge is -2.10. The normalized spacial score (nSPS) is 18.0. The first kappa shape index (κ1) is 12.2. The summed E-state index contributed by atoms with van der Waals surface area (Å²) in [5.74, 6) is 1.40. The largest absolute Gasteiger partial charge is 0.443 e. The van der Waals surface area contributed by atoms with Crippen LogP contribution in [0.3, 0.4) is 0 Å². The molecule has 0 radical (unpaired) electrons. The summed E-state index contributed by atoms with van der Waals surface area (Å²) >= 11 is 8.12. The Labute approximate surface area is 125 Å². The highest BCUT2D eigenvalue weighted by Crippen LogP contribution is 2.46. The highest BCUT2D eigenvalue weighted by Gasteiger charge is 2.24. The molecule has 20 heavy (non-hydrogen) atoms. The molecule has 1 N–H and O–H groups in total. The van der Waals surface area contributed by atoms with Gasteiger partial charge in [0.05, 0.1) is 21.8 Å². The molecule has 0 saturated heterocycles. The predicted molar refractivity (Wildman–Crippen MR) is 83.7 cm³/mol. The van der Waals surface area contributed by atoms with Crippen molar-refractivity contribution < 1.29 is 4.42 Å². The molecule has 102 valence electrons. The molecule has 0 saturated carbocycles. The van der Waals surface area contributed by atoms with Gasteiger partial charge in [-0.3, -0.25) is 0 Å². The van der Waals surface area contributed by atoms with Crippen LogP contribution >= 0.6 is 22.9 Å². The summed E-state index contributed by atoms with van der Waals surface area (Å²) in [7, 11) is 0. The van der Waals surface area contributed by atoms with Crippen molar-refractivity contribution in [1.29, 1.82) is 0 Å². The number of hydrogen-bond donors (Lipinski definition) is 1. The molecular formula is C15H13ClN2OS. The fourth-order valence-electron chi connectivity index (χ4n) is 2.82. The van der Waals surface area contributed by atoms with E-state index < -0.39 is 0 Å². The minimum atomic E-state index is 0.554. The van der Waals surface area contributed by atoms with Gasteiger partial charge in [0.2, 0.25) is 0 Å². The van der Waals surface area contributed by atoms with Gasteiger partial charge >= 0.3 is 0 Å². The van der Waals surface area contributed by atoms with Crippen molar-refractivity contribution in [2.75, 3.05) is 11.9 Å². The molecule has 3 nitrogen and oxygen atoms in total. The predicted octanol–water partition coefficient (Wildman–Crippen LogP) is 4.81. The molecule has 3 aromatic rings. The SMILES string of the molecule is CC1CNc2c(Cl)ccc3sc(-c4cnco4)c(c23)C1. The molecule has 4 rings (SSSR count). The van der Waals surface area contributed by atoms with E-state index in [-0.39, 0.29) is 0 Å². The van der Waals surface area contributed by atoms with Crippen LogP contribution in [0.4, 0.5) is 5.69 Å². The number of aromatic nitrogens is 1. The Balaban J connectivity index is 2.07. The number of nitrogens with zero attached hydrogens (tertiary/aromatic N) is 1. The van der Waals surface area contributed by atoms with E-state index in [1.807, 2.05) is 6.07 Å². The van der Waals surface area contributed by atoms with E-state index in [0.717, 1.165) is 29.4 Å². The lowest BCUT2D eigenvalue weighted by molar-refractivity contribution is 0.571. The number of halogens is 1. The molecule has 1 atom stereocenters. The molecule has 0 aliphatic carbocycles. The first-order valence-corrected chi connectivity index (χ1v) is 7.80. The Morgan fingerprint density at radius 2 is 2.35 bits per heavy atom. The van der Waals surface area contributed by atoms with Gasteiger partial charge in [0.25, 0.3) is 0 Å². The molecule has 0 fully saturated rings.